The highest BCUT2D eigenvalue weighted by Crippen LogP contribution is 2.29. The third-order valence-electron chi connectivity index (χ3n) is 4.36. The maximum atomic E-state index is 11.0. The average Bonchev–Trinajstić information content (AvgIpc) is 2.53. The van der Waals surface area contributed by atoms with Crippen LogP contribution in [0.4, 0.5) is 11.5 Å². The summed E-state index contributed by atoms with van der Waals surface area (Å²) in [5.41, 5.74) is 1.16. The van der Waals surface area contributed by atoms with Crippen molar-refractivity contribution in [2.24, 2.45) is 5.92 Å². The number of rotatable bonds is 3. The standard InChI is InChI=1S/C17H21N3O2/c1-19(2)16-15-4-3-14(11-13(15)5-8-18-16)20-9-6-12(7-10-20)17(21)22/h3-5,8,11-12H,6-7,9-10H2,1-2H3,(H,21,22). The summed E-state index contributed by atoms with van der Waals surface area (Å²) in [7, 11) is 3.98. The Bertz CT molecular complexity index is 691. The van der Waals surface area contributed by atoms with Crippen molar-refractivity contribution < 1.29 is 9.90 Å². The minimum atomic E-state index is -0.667. The molecule has 3 rings (SSSR count). The van der Waals surface area contributed by atoms with E-state index in [1.807, 2.05) is 31.3 Å². The highest BCUT2D eigenvalue weighted by Gasteiger charge is 2.24. The monoisotopic (exact) mass is 299 g/mol. The Labute approximate surface area is 130 Å². The number of aromatic nitrogens is 1. The minimum Gasteiger partial charge on any atom is -0.481 e. The van der Waals surface area contributed by atoms with E-state index < -0.39 is 5.97 Å². The number of hydrogen-bond acceptors (Lipinski definition) is 4. The molecule has 1 N–H and O–H groups in total. The lowest BCUT2D eigenvalue weighted by molar-refractivity contribution is -0.142. The third kappa shape index (κ3) is 2.71. The molecule has 5 heteroatoms. The van der Waals surface area contributed by atoms with Crippen molar-refractivity contribution in [3.8, 4) is 0 Å². The fourth-order valence-electron chi connectivity index (χ4n) is 3.09. The van der Waals surface area contributed by atoms with Gasteiger partial charge in [0.25, 0.3) is 0 Å². The van der Waals surface area contributed by atoms with Crippen LogP contribution < -0.4 is 9.80 Å². The molecule has 0 bridgehead atoms. The predicted octanol–water partition coefficient (Wildman–Crippen LogP) is 2.60. The van der Waals surface area contributed by atoms with Gasteiger partial charge in [0.15, 0.2) is 0 Å². The number of pyridine rings is 1. The van der Waals surface area contributed by atoms with Crippen LogP contribution in [-0.2, 0) is 4.79 Å². The third-order valence-corrected chi connectivity index (χ3v) is 4.36. The first kappa shape index (κ1) is 14.6. The molecule has 22 heavy (non-hydrogen) atoms. The fourth-order valence-corrected chi connectivity index (χ4v) is 3.09. The number of fused-ring (bicyclic) bond motifs is 1. The molecule has 0 radical (unpaired) electrons. The Hall–Kier alpha value is -2.30. The molecule has 0 aliphatic carbocycles. The molecule has 0 spiro atoms. The number of hydrogen-bond donors (Lipinski definition) is 1. The second-order valence-electron chi connectivity index (χ2n) is 6.03. The highest BCUT2D eigenvalue weighted by atomic mass is 16.4. The summed E-state index contributed by atoms with van der Waals surface area (Å²) in [6, 6.07) is 8.41. The van der Waals surface area contributed by atoms with E-state index in [1.54, 1.807) is 0 Å². The molecule has 0 atom stereocenters. The van der Waals surface area contributed by atoms with Gasteiger partial charge in [-0.3, -0.25) is 4.79 Å². The normalized spacial score (nSPS) is 16.0. The van der Waals surface area contributed by atoms with Crippen LogP contribution in [0.2, 0.25) is 0 Å². The molecule has 1 saturated heterocycles. The number of anilines is 2. The molecule has 1 aromatic heterocycles. The lowest BCUT2D eigenvalue weighted by Gasteiger charge is -2.32. The SMILES string of the molecule is CN(C)c1nccc2cc(N3CCC(C(=O)O)CC3)ccc12. The van der Waals surface area contributed by atoms with Gasteiger partial charge < -0.3 is 14.9 Å². The van der Waals surface area contributed by atoms with Gasteiger partial charge in [-0.15, -0.1) is 0 Å². The van der Waals surface area contributed by atoms with Crippen molar-refractivity contribution in [1.82, 2.24) is 4.98 Å². The van der Waals surface area contributed by atoms with Gasteiger partial charge in [-0.1, -0.05) is 0 Å². The molecule has 2 heterocycles. The first-order chi connectivity index (χ1) is 10.6. The molecule has 5 nitrogen and oxygen atoms in total. The molecule has 1 aliphatic rings. The van der Waals surface area contributed by atoms with Crippen LogP contribution in [0.25, 0.3) is 10.8 Å². The number of carbonyl (C=O) groups is 1. The number of aliphatic carboxylic acids is 1. The molecule has 0 amide bonds. The molecular formula is C17H21N3O2. The second-order valence-corrected chi connectivity index (χ2v) is 6.03. The number of carboxylic acid groups (broad SMARTS) is 1. The summed E-state index contributed by atoms with van der Waals surface area (Å²) in [4.78, 5) is 19.8. The maximum absolute atomic E-state index is 11.0. The first-order valence-electron chi connectivity index (χ1n) is 7.60. The lowest BCUT2D eigenvalue weighted by atomic mass is 9.96. The van der Waals surface area contributed by atoms with Crippen molar-refractivity contribution >= 4 is 28.2 Å². The van der Waals surface area contributed by atoms with Crippen LogP contribution in [-0.4, -0.2) is 43.2 Å². The number of carboxylic acids is 1. The van der Waals surface area contributed by atoms with E-state index in [0.717, 1.165) is 35.4 Å². The Morgan fingerprint density at radius 3 is 2.64 bits per heavy atom. The van der Waals surface area contributed by atoms with Crippen LogP contribution in [0.1, 0.15) is 12.8 Å². The van der Waals surface area contributed by atoms with Crippen molar-refractivity contribution in [2.75, 3.05) is 37.0 Å². The van der Waals surface area contributed by atoms with Crippen molar-refractivity contribution in [3.05, 3.63) is 30.5 Å². The van der Waals surface area contributed by atoms with E-state index in [4.69, 9.17) is 5.11 Å². The van der Waals surface area contributed by atoms with Crippen molar-refractivity contribution in [3.63, 3.8) is 0 Å². The molecular weight excluding hydrogens is 278 g/mol. The zero-order valence-corrected chi connectivity index (χ0v) is 13.0. The zero-order valence-electron chi connectivity index (χ0n) is 13.0. The van der Waals surface area contributed by atoms with Crippen LogP contribution in [0.3, 0.4) is 0 Å². The van der Waals surface area contributed by atoms with Gasteiger partial charge in [0.1, 0.15) is 5.82 Å². The lowest BCUT2D eigenvalue weighted by Crippen LogP contribution is -2.36. The van der Waals surface area contributed by atoms with Gasteiger partial charge in [-0.2, -0.15) is 0 Å². The fraction of sp³-hybridized carbons (Fsp3) is 0.412. The first-order valence-corrected chi connectivity index (χ1v) is 7.60. The largest absolute Gasteiger partial charge is 0.481 e. The van der Waals surface area contributed by atoms with Gasteiger partial charge in [0.2, 0.25) is 0 Å². The summed E-state index contributed by atoms with van der Waals surface area (Å²) < 4.78 is 0. The van der Waals surface area contributed by atoms with Crippen molar-refractivity contribution in [2.45, 2.75) is 12.8 Å². The van der Waals surface area contributed by atoms with Crippen molar-refractivity contribution in [1.29, 1.82) is 0 Å². The van der Waals surface area contributed by atoms with Gasteiger partial charge in [0.05, 0.1) is 5.92 Å². The van der Waals surface area contributed by atoms with Gasteiger partial charge in [-0.05, 0) is 42.5 Å². The summed E-state index contributed by atoms with van der Waals surface area (Å²) in [5, 5.41) is 11.4. The maximum Gasteiger partial charge on any atom is 0.306 e. The Morgan fingerprint density at radius 1 is 1.27 bits per heavy atom. The summed E-state index contributed by atoms with van der Waals surface area (Å²) >= 11 is 0. The molecule has 0 saturated carbocycles. The highest BCUT2D eigenvalue weighted by molar-refractivity contribution is 5.94. The van der Waals surface area contributed by atoms with Crippen LogP contribution in [0, 0.1) is 5.92 Å². The van der Waals surface area contributed by atoms with E-state index in [9.17, 15) is 4.79 Å². The molecule has 1 aliphatic heterocycles. The molecule has 116 valence electrons. The molecule has 1 fully saturated rings. The van der Waals surface area contributed by atoms with E-state index >= 15 is 0 Å². The smallest absolute Gasteiger partial charge is 0.306 e. The van der Waals surface area contributed by atoms with Crippen LogP contribution in [0.15, 0.2) is 30.5 Å². The second kappa shape index (κ2) is 5.83. The number of benzene rings is 1. The Morgan fingerprint density at radius 2 is 2.00 bits per heavy atom. The van der Waals surface area contributed by atoms with E-state index in [2.05, 4.69) is 28.1 Å². The predicted molar refractivity (Wildman–Crippen MR) is 88.6 cm³/mol. The molecule has 2 aromatic rings. The van der Waals surface area contributed by atoms with Gasteiger partial charge in [-0.25, -0.2) is 4.98 Å². The topological polar surface area (TPSA) is 56.7 Å². The number of piperidine rings is 1. The minimum absolute atomic E-state index is 0.193. The van der Waals surface area contributed by atoms with E-state index in [0.29, 0.717) is 12.8 Å². The number of nitrogens with zero attached hydrogens (tertiary/aromatic N) is 3. The summed E-state index contributed by atoms with van der Waals surface area (Å²) in [6.45, 7) is 1.60. The zero-order chi connectivity index (χ0) is 15.7. The molecule has 1 aromatic carbocycles. The van der Waals surface area contributed by atoms with Gasteiger partial charge >= 0.3 is 5.97 Å². The van der Waals surface area contributed by atoms with Gasteiger partial charge in [0, 0.05) is 44.5 Å². The average molecular weight is 299 g/mol. The Balaban J connectivity index is 1.86. The van der Waals surface area contributed by atoms with Crippen LogP contribution >= 0.6 is 0 Å². The van der Waals surface area contributed by atoms with Crippen LogP contribution in [0.5, 0.6) is 0 Å². The quantitative estimate of drug-likeness (QED) is 0.944. The Kier molecular flexibility index (Phi) is 3.88. The summed E-state index contributed by atoms with van der Waals surface area (Å²) in [6.07, 6.45) is 3.26. The van der Waals surface area contributed by atoms with E-state index in [-0.39, 0.29) is 5.92 Å². The van der Waals surface area contributed by atoms with E-state index in [1.165, 1.54) is 0 Å². The molecule has 0 unspecified atom stereocenters. The summed E-state index contributed by atoms with van der Waals surface area (Å²) in [5.74, 6) is 0.106.